The molecule has 0 amide bonds. The Bertz CT molecular complexity index is 299. The number of hydrogen-bond donors (Lipinski definition) is 0. The zero-order valence-electron chi connectivity index (χ0n) is 10.0. The molecule has 0 radical (unpaired) electrons. The summed E-state index contributed by atoms with van der Waals surface area (Å²) in [6.07, 6.45) is 4.40. The van der Waals surface area contributed by atoms with Gasteiger partial charge in [0.1, 0.15) is 5.69 Å². The molecule has 1 unspecified atom stereocenters. The van der Waals surface area contributed by atoms with Crippen LogP contribution in [-0.4, -0.2) is 16.6 Å². The Morgan fingerprint density at radius 1 is 1.20 bits per heavy atom. The van der Waals surface area contributed by atoms with Gasteiger partial charge in [-0.25, -0.2) is 4.98 Å². The van der Waals surface area contributed by atoms with Crippen molar-refractivity contribution in [3.8, 4) is 5.88 Å². The van der Waals surface area contributed by atoms with Crippen molar-refractivity contribution in [3.05, 3.63) is 18.1 Å². The van der Waals surface area contributed by atoms with Crippen molar-refractivity contribution in [2.45, 2.75) is 40.0 Å². The third kappa shape index (κ3) is 3.18. The maximum absolute atomic E-state index is 5.58. The highest BCUT2D eigenvalue weighted by Gasteiger charge is 2.17. The van der Waals surface area contributed by atoms with E-state index in [1.165, 1.54) is 0 Å². The summed E-state index contributed by atoms with van der Waals surface area (Å²) in [5.74, 6) is 1.62. The summed E-state index contributed by atoms with van der Waals surface area (Å²) in [6, 6.07) is 0. The highest BCUT2D eigenvalue weighted by molar-refractivity contribution is 5.21. The van der Waals surface area contributed by atoms with Gasteiger partial charge in [0.25, 0.3) is 0 Å². The fourth-order valence-electron chi connectivity index (χ4n) is 1.27. The largest absolute Gasteiger partial charge is 0.476 e. The lowest BCUT2D eigenvalue weighted by atomic mass is 9.95. The van der Waals surface area contributed by atoms with Crippen molar-refractivity contribution in [1.29, 1.82) is 0 Å². The number of hydrogen-bond acceptors (Lipinski definition) is 3. The van der Waals surface area contributed by atoms with E-state index >= 15 is 0 Å². The van der Waals surface area contributed by atoms with E-state index in [1.54, 1.807) is 12.4 Å². The molecular formula is C12H20N2O. The monoisotopic (exact) mass is 208 g/mol. The molecule has 3 heteroatoms. The molecule has 15 heavy (non-hydrogen) atoms. The van der Waals surface area contributed by atoms with E-state index in [2.05, 4.69) is 37.7 Å². The van der Waals surface area contributed by atoms with Crippen LogP contribution in [-0.2, 0) is 0 Å². The minimum Gasteiger partial charge on any atom is -0.476 e. The molecule has 0 aliphatic carbocycles. The van der Waals surface area contributed by atoms with E-state index < -0.39 is 0 Å². The van der Waals surface area contributed by atoms with E-state index in [9.17, 15) is 0 Å². The van der Waals surface area contributed by atoms with Crippen LogP contribution in [0.1, 0.15) is 45.7 Å². The van der Waals surface area contributed by atoms with Crippen LogP contribution in [0.3, 0.4) is 0 Å². The summed E-state index contributed by atoms with van der Waals surface area (Å²) in [5, 5.41) is 0. The molecule has 0 fully saturated rings. The lowest BCUT2D eigenvalue weighted by Crippen LogP contribution is -2.09. The van der Waals surface area contributed by atoms with Gasteiger partial charge in [-0.15, -0.1) is 0 Å². The molecule has 0 aliphatic heterocycles. The predicted octanol–water partition coefficient (Wildman–Crippen LogP) is 3.02. The van der Waals surface area contributed by atoms with E-state index in [4.69, 9.17) is 4.74 Å². The fraction of sp³-hybridized carbons (Fsp3) is 0.667. The molecule has 0 spiro atoms. The Balaban J connectivity index is 2.85. The first kappa shape index (κ1) is 12.0. The second-order valence-electron chi connectivity index (χ2n) is 4.13. The lowest BCUT2D eigenvalue weighted by Gasteiger charge is -2.17. The first-order valence-electron chi connectivity index (χ1n) is 5.60. The molecule has 0 aromatic carbocycles. The Labute approximate surface area is 91.9 Å². The van der Waals surface area contributed by atoms with Crippen LogP contribution in [0.5, 0.6) is 5.88 Å². The lowest BCUT2D eigenvalue weighted by molar-refractivity contribution is 0.294. The number of nitrogens with zero attached hydrogens (tertiary/aromatic N) is 2. The van der Waals surface area contributed by atoms with E-state index in [-0.39, 0.29) is 0 Å². The van der Waals surface area contributed by atoms with Crippen LogP contribution in [0.15, 0.2) is 12.4 Å². The SMILES string of the molecule is CCCOc1nccnc1C(C)C(C)C. The van der Waals surface area contributed by atoms with Crippen LogP contribution in [0.25, 0.3) is 0 Å². The first-order chi connectivity index (χ1) is 7.16. The van der Waals surface area contributed by atoms with Crippen molar-refractivity contribution >= 4 is 0 Å². The second-order valence-corrected chi connectivity index (χ2v) is 4.13. The van der Waals surface area contributed by atoms with Crippen LogP contribution in [0, 0.1) is 5.92 Å². The predicted molar refractivity (Wildman–Crippen MR) is 61.1 cm³/mol. The number of rotatable bonds is 5. The molecule has 1 atom stereocenters. The van der Waals surface area contributed by atoms with Gasteiger partial charge >= 0.3 is 0 Å². The highest BCUT2D eigenvalue weighted by Crippen LogP contribution is 2.27. The Morgan fingerprint density at radius 2 is 1.87 bits per heavy atom. The molecule has 0 aliphatic rings. The quantitative estimate of drug-likeness (QED) is 0.746. The van der Waals surface area contributed by atoms with Gasteiger partial charge in [0.2, 0.25) is 5.88 Å². The summed E-state index contributed by atoms with van der Waals surface area (Å²) < 4.78 is 5.58. The number of ether oxygens (including phenoxy) is 1. The normalized spacial score (nSPS) is 12.9. The molecule has 0 saturated carbocycles. The van der Waals surface area contributed by atoms with Crippen molar-refractivity contribution in [2.75, 3.05) is 6.61 Å². The Kier molecular flexibility index (Phi) is 4.53. The fourth-order valence-corrected chi connectivity index (χ4v) is 1.27. The molecule has 84 valence electrons. The van der Waals surface area contributed by atoms with Gasteiger partial charge in [-0.05, 0) is 12.3 Å². The maximum Gasteiger partial charge on any atom is 0.235 e. The van der Waals surface area contributed by atoms with Gasteiger partial charge in [0.15, 0.2) is 0 Å². The summed E-state index contributed by atoms with van der Waals surface area (Å²) in [6.45, 7) is 9.32. The molecule has 3 nitrogen and oxygen atoms in total. The zero-order valence-corrected chi connectivity index (χ0v) is 10.0. The molecule has 1 rings (SSSR count). The van der Waals surface area contributed by atoms with Gasteiger partial charge in [-0.1, -0.05) is 27.7 Å². The Hall–Kier alpha value is -1.12. The zero-order chi connectivity index (χ0) is 11.3. The second kappa shape index (κ2) is 5.69. The van der Waals surface area contributed by atoms with Crippen LogP contribution >= 0.6 is 0 Å². The van der Waals surface area contributed by atoms with Crippen molar-refractivity contribution < 1.29 is 4.74 Å². The Morgan fingerprint density at radius 3 is 2.47 bits per heavy atom. The summed E-state index contributed by atoms with van der Waals surface area (Å²) in [5.41, 5.74) is 0.973. The molecule has 1 aromatic heterocycles. The minimum absolute atomic E-state index is 0.380. The van der Waals surface area contributed by atoms with Crippen molar-refractivity contribution in [2.24, 2.45) is 5.92 Å². The number of aromatic nitrogens is 2. The minimum atomic E-state index is 0.380. The van der Waals surface area contributed by atoms with Gasteiger partial charge < -0.3 is 4.74 Å². The van der Waals surface area contributed by atoms with Crippen molar-refractivity contribution in [3.63, 3.8) is 0 Å². The van der Waals surface area contributed by atoms with E-state index in [1.807, 2.05) is 0 Å². The van der Waals surface area contributed by atoms with Crippen molar-refractivity contribution in [1.82, 2.24) is 9.97 Å². The molecule has 0 bridgehead atoms. The highest BCUT2D eigenvalue weighted by atomic mass is 16.5. The first-order valence-corrected chi connectivity index (χ1v) is 5.60. The van der Waals surface area contributed by atoms with Crippen LogP contribution in [0.4, 0.5) is 0 Å². The van der Waals surface area contributed by atoms with Gasteiger partial charge in [0.05, 0.1) is 6.61 Å². The molecule has 1 heterocycles. The summed E-state index contributed by atoms with van der Waals surface area (Å²) in [7, 11) is 0. The molecule has 0 saturated heterocycles. The third-order valence-corrected chi connectivity index (χ3v) is 2.57. The van der Waals surface area contributed by atoms with Gasteiger partial charge in [-0.3, -0.25) is 4.98 Å². The third-order valence-electron chi connectivity index (χ3n) is 2.57. The van der Waals surface area contributed by atoms with Gasteiger partial charge in [0, 0.05) is 18.3 Å². The molecular weight excluding hydrogens is 188 g/mol. The standard InChI is InChI=1S/C12H20N2O/c1-5-8-15-12-11(10(4)9(2)3)13-6-7-14-12/h6-7,9-10H,5,8H2,1-4H3. The summed E-state index contributed by atoms with van der Waals surface area (Å²) in [4.78, 5) is 8.60. The molecule has 0 N–H and O–H groups in total. The summed E-state index contributed by atoms with van der Waals surface area (Å²) >= 11 is 0. The smallest absolute Gasteiger partial charge is 0.235 e. The van der Waals surface area contributed by atoms with Crippen LogP contribution in [0.2, 0.25) is 0 Å². The van der Waals surface area contributed by atoms with Gasteiger partial charge in [-0.2, -0.15) is 0 Å². The van der Waals surface area contributed by atoms with E-state index in [0.29, 0.717) is 24.3 Å². The van der Waals surface area contributed by atoms with Crippen LogP contribution < -0.4 is 4.74 Å². The average molecular weight is 208 g/mol. The van der Waals surface area contributed by atoms with E-state index in [0.717, 1.165) is 12.1 Å². The maximum atomic E-state index is 5.58. The topological polar surface area (TPSA) is 35.0 Å². The molecule has 1 aromatic rings. The average Bonchev–Trinajstić information content (AvgIpc) is 2.25.